The number of nitriles is 1. The van der Waals surface area contributed by atoms with Gasteiger partial charge < -0.3 is 9.47 Å². The van der Waals surface area contributed by atoms with Crippen molar-refractivity contribution in [3.8, 4) is 17.6 Å². The Hall–Kier alpha value is -2.48. The zero-order valence-corrected chi connectivity index (χ0v) is 16.2. The fourth-order valence-corrected chi connectivity index (χ4v) is 3.10. The molecule has 1 aliphatic carbocycles. The van der Waals surface area contributed by atoms with Crippen LogP contribution in [-0.2, 0) is 9.53 Å². The molecule has 0 radical (unpaired) electrons. The Labute approximate surface area is 186 Å². The lowest BCUT2D eigenvalue weighted by Gasteiger charge is -2.13. The van der Waals surface area contributed by atoms with Gasteiger partial charge in [-0.2, -0.15) is 5.26 Å². The van der Waals surface area contributed by atoms with Crippen molar-refractivity contribution >= 4 is 29.2 Å². The van der Waals surface area contributed by atoms with E-state index in [1.165, 1.54) is 6.08 Å². The first-order valence-corrected chi connectivity index (χ1v) is 8.81. The smallest absolute Gasteiger partial charge is 0.311 e. The molecule has 0 amide bonds. The third-order valence-corrected chi connectivity index (χ3v) is 4.64. The largest absolute Gasteiger partial charge is 0.457 e. The normalized spacial score (nSPS) is 24.9. The lowest BCUT2D eigenvalue weighted by atomic mass is 10.1. The van der Waals surface area contributed by atoms with Crippen molar-refractivity contribution < 1.29 is 26.6 Å². The third-order valence-electron chi connectivity index (χ3n) is 4.39. The number of para-hydroxylation sites is 1. The molecule has 1 aliphatic rings. The first-order chi connectivity index (χ1) is 17.1. The molecule has 1 saturated carbocycles. The van der Waals surface area contributed by atoms with Gasteiger partial charge in [-0.3, -0.25) is 4.79 Å². The number of carbonyl (C=O) groups excluding carboxylic acids is 1. The zero-order chi connectivity index (χ0) is 28.1. The van der Waals surface area contributed by atoms with E-state index in [9.17, 15) is 10.1 Å². The van der Waals surface area contributed by atoms with Gasteiger partial charge >= 0.3 is 5.97 Å². The Morgan fingerprint density at radius 1 is 1.21 bits per heavy atom. The Bertz CT molecular complexity index is 1360. The summed E-state index contributed by atoms with van der Waals surface area (Å²) in [4.78, 5) is 12.9. The molecule has 3 rings (SSSR count). The van der Waals surface area contributed by atoms with Crippen molar-refractivity contribution in [2.24, 2.45) is 17.3 Å². The first kappa shape index (κ1) is 11.5. The molecule has 4 nitrogen and oxygen atoms in total. The average Bonchev–Trinajstić information content (AvgIpc) is 3.37. The molecule has 28 heavy (non-hydrogen) atoms. The Kier molecular flexibility index (Phi) is 3.39. The monoisotopic (exact) mass is 424 g/mol. The minimum atomic E-state index is -1.84. The van der Waals surface area contributed by atoms with Gasteiger partial charge in [0.2, 0.25) is 6.10 Å². The Morgan fingerprint density at radius 2 is 1.89 bits per heavy atom. The van der Waals surface area contributed by atoms with Gasteiger partial charge in [0.1, 0.15) is 22.1 Å². The van der Waals surface area contributed by atoms with Crippen molar-refractivity contribution in [3.05, 3.63) is 70.5 Å². The molecule has 1 fully saturated rings. The van der Waals surface area contributed by atoms with E-state index in [-0.39, 0.29) is 10.4 Å². The number of halogens is 2. The van der Waals surface area contributed by atoms with E-state index >= 15 is 0 Å². The van der Waals surface area contributed by atoms with Gasteiger partial charge in [0.25, 0.3) is 0 Å². The van der Waals surface area contributed by atoms with Crippen molar-refractivity contribution in [3.63, 3.8) is 0 Å². The summed E-state index contributed by atoms with van der Waals surface area (Å²) in [5.41, 5.74) is -1.15. The van der Waals surface area contributed by atoms with Crippen LogP contribution in [0.15, 0.2) is 64.9 Å². The van der Waals surface area contributed by atoms with Crippen LogP contribution in [0.1, 0.15) is 37.9 Å². The average molecular weight is 425 g/mol. The van der Waals surface area contributed by atoms with E-state index < -0.39 is 94.9 Å². The molecule has 144 valence electrons. The second-order valence-electron chi connectivity index (χ2n) is 6.53. The molecule has 3 atom stereocenters. The van der Waals surface area contributed by atoms with Crippen LogP contribution >= 0.6 is 23.2 Å². The molecule has 6 heteroatoms. The van der Waals surface area contributed by atoms with Gasteiger partial charge in [-0.15, -0.1) is 0 Å². The molecule has 0 N–H and O–H groups in total. The van der Waals surface area contributed by atoms with Crippen molar-refractivity contribution in [1.82, 2.24) is 0 Å². The van der Waals surface area contributed by atoms with Crippen LogP contribution < -0.4 is 4.74 Å². The zero-order valence-electron chi connectivity index (χ0n) is 23.7. The number of nitrogens with zero attached hydrogens (tertiary/aromatic N) is 1. The Morgan fingerprint density at radius 3 is 2.54 bits per heavy atom. The van der Waals surface area contributed by atoms with E-state index in [0.29, 0.717) is 0 Å². The summed E-state index contributed by atoms with van der Waals surface area (Å²) in [6.07, 6.45) is -0.377. The second-order valence-corrected chi connectivity index (χ2v) is 7.53. The van der Waals surface area contributed by atoms with Gasteiger partial charge in [-0.25, -0.2) is 0 Å². The molecule has 3 unspecified atom stereocenters. The molecule has 0 saturated heterocycles. The van der Waals surface area contributed by atoms with Crippen molar-refractivity contribution in [1.29, 1.82) is 5.26 Å². The molecular weight excluding hydrogens is 397 g/mol. The molecule has 2 aromatic rings. The van der Waals surface area contributed by atoms with Crippen LogP contribution in [-0.4, -0.2) is 5.97 Å². The summed E-state index contributed by atoms with van der Waals surface area (Å²) in [6, 6.07) is -5.09. The summed E-state index contributed by atoms with van der Waals surface area (Å²) in [5, 5.41) is 9.73. The van der Waals surface area contributed by atoms with Crippen LogP contribution in [0.2, 0.25) is 0 Å². The van der Waals surface area contributed by atoms with E-state index in [1.54, 1.807) is 19.9 Å². The molecule has 0 heterocycles. The molecule has 0 aromatic heterocycles. The summed E-state index contributed by atoms with van der Waals surface area (Å²) in [7, 11) is 0. The number of carbonyl (C=O) groups is 1. The predicted octanol–water partition coefficient (Wildman–Crippen LogP) is 6.18. The lowest BCUT2D eigenvalue weighted by Crippen LogP contribution is -2.14. The fraction of sp³-hybridized carbons (Fsp3) is 0.273. The van der Waals surface area contributed by atoms with Crippen molar-refractivity contribution in [2.75, 3.05) is 0 Å². The highest BCUT2D eigenvalue weighted by Crippen LogP contribution is 2.60. The van der Waals surface area contributed by atoms with Crippen LogP contribution in [0.5, 0.6) is 11.5 Å². The van der Waals surface area contributed by atoms with Gasteiger partial charge in [-0.1, -0.05) is 67.3 Å². The van der Waals surface area contributed by atoms with Crippen molar-refractivity contribution in [2.45, 2.75) is 20.0 Å². The van der Waals surface area contributed by atoms with Gasteiger partial charge in [0.15, 0.2) is 0 Å². The summed E-state index contributed by atoms with van der Waals surface area (Å²) < 4.78 is 82.8. The van der Waals surface area contributed by atoms with Crippen LogP contribution in [0.25, 0.3) is 0 Å². The molecule has 0 bridgehead atoms. The van der Waals surface area contributed by atoms with Crippen LogP contribution in [0.3, 0.4) is 0 Å². The van der Waals surface area contributed by atoms with Crippen LogP contribution in [0.4, 0.5) is 0 Å². The summed E-state index contributed by atoms with van der Waals surface area (Å²) >= 11 is 11.4. The maximum atomic E-state index is 12.9. The molecular formula is C22H19Cl2NO3. The summed E-state index contributed by atoms with van der Waals surface area (Å²) in [6.45, 7) is 3.51. The lowest BCUT2D eigenvalue weighted by molar-refractivity contribution is -0.149. The maximum Gasteiger partial charge on any atom is 0.311 e. The molecule has 2 aromatic carbocycles. The number of allylic oxidation sites excluding steroid dienone is 1. The number of hydrogen-bond donors (Lipinski definition) is 0. The number of rotatable bonds is 6. The highest BCUT2D eigenvalue weighted by molar-refractivity contribution is 6.55. The number of benzene rings is 2. The number of esters is 1. The van der Waals surface area contributed by atoms with E-state index in [0.717, 1.165) is 0 Å². The highest BCUT2D eigenvalue weighted by Gasteiger charge is 2.62. The number of ether oxygens (including phenoxy) is 2. The van der Waals surface area contributed by atoms with E-state index in [1.807, 2.05) is 0 Å². The van der Waals surface area contributed by atoms with Gasteiger partial charge in [0.05, 0.1) is 18.3 Å². The Balaban J connectivity index is 2.07. The SMILES string of the molecule is [2H]c1c([2H])c([2H])c(Oc2c([2H])c([2H])c([2H])c(C(C#N)OC(=O)C3C(C=C(Cl)Cl)C3(C)C)c2[2H])c([2H])c1[2H]. The third kappa shape index (κ3) is 4.49. The minimum absolute atomic E-state index is 0.0496. The second kappa shape index (κ2) is 8.26. The standard InChI is InChI=1S/C22H19Cl2NO3/c1-22(2)17(12-19(23)24)20(22)21(26)28-18(13-25)14-7-6-10-16(11-14)27-15-8-4-3-5-9-15/h3-12,17-18,20H,1-2H3/i3D,4D,5D,6D,7D,8D,9D,10D,11D. The van der Waals surface area contributed by atoms with E-state index in [2.05, 4.69) is 0 Å². The van der Waals surface area contributed by atoms with Crippen LogP contribution in [0, 0.1) is 28.6 Å². The quantitative estimate of drug-likeness (QED) is 0.519. The predicted molar refractivity (Wildman–Crippen MR) is 108 cm³/mol. The topological polar surface area (TPSA) is 59.3 Å². The maximum absolute atomic E-state index is 12.9. The summed E-state index contributed by atoms with van der Waals surface area (Å²) in [5.74, 6) is -3.41. The fourth-order valence-electron chi connectivity index (χ4n) is 2.83. The highest BCUT2D eigenvalue weighted by atomic mass is 35.5. The van der Waals surface area contributed by atoms with Gasteiger partial charge in [-0.05, 0) is 41.6 Å². The van der Waals surface area contributed by atoms with Gasteiger partial charge in [0, 0.05) is 5.56 Å². The molecule has 0 aliphatic heterocycles. The first-order valence-electron chi connectivity index (χ1n) is 12.6. The minimum Gasteiger partial charge on any atom is -0.457 e. The molecule has 0 spiro atoms. The number of hydrogen-bond acceptors (Lipinski definition) is 4. The van der Waals surface area contributed by atoms with E-state index in [4.69, 9.17) is 45.0 Å².